The predicted octanol–water partition coefficient (Wildman–Crippen LogP) is 4.54. The van der Waals surface area contributed by atoms with E-state index in [4.69, 9.17) is 0 Å². The summed E-state index contributed by atoms with van der Waals surface area (Å²) in [4.78, 5) is 20.9. The van der Waals surface area contributed by atoms with Crippen molar-refractivity contribution in [2.24, 2.45) is 0 Å². The molecule has 0 saturated carbocycles. The molecule has 0 heterocycles. The zero-order chi connectivity index (χ0) is 18.0. The highest BCUT2D eigenvalue weighted by atomic mass is 16.6. The Bertz CT molecular complexity index is 909. The smallest absolute Gasteiger partial charge is 0.270 e. The van der Waals surface area contributed by atoms with Crippen LogP contribution in [0.3, 0.4) is 0 Å². The normalized spacial score (nSPS) is 10.4. The molecule has 124 valence electrons. The lowest BCUT2D eigenvalue weighted by molar-refractivity contribution is -0.385. The summed E-state index contributed by atoms with van der Waals surface area (Å²) in [5, 5.41) is 31.9. The summed E-state index contributed by atoms with van der Waals surface area (Å²) >= 11 is 0. The minimum Gasteiger partial charge on any atom is -0.508 e. The molecule has 0 aromatic heterocycles. The maximum absolute atomic E-state index is 10.9. The van der Waals surface area contributed by atoms with Crippen LogP contribution in [-0.2, 0) is 0 Å². The Balaban J connectivity index is 2.10. The number of phenols is 1. The number of aromatic hydroxyl groups is 1. The van der Waals surface area contributed by atoms with E-state index in [1.165, 1.54) is 36.4 Å². The van der Waals surface area contributed by atoms with Crippen molar-refractivity contribution in [3.05, 3.63) is 87.0 Å². The molecule has 1 N–H and O–H groups in total. The van der Waals surface area contributed by atoms with Crippen LogP contribution in [0.1, 0.15) is 0 Å². The molecular weight excluding hydrogens is 324 g/mol. The monoisotopic (exact) mass is 336 g/mol. The first-order valence-corrected chi connectivity index (χ1v) is 7.28. The third-order valence-electron chi connectivity index (χ3n) is 3.70. The molecule has 0 atom stereocenters. The Morgan fingerprint density at radius 3 is 1.48 bits per heavy atom. The molecule has 0 aliphatic heterocycles. The minimum absolute atomic E-state index is 0.0366. The Morgan fingerprint density at radius 1 is 0.640 bits per heavy atom. The van der Waals surface area contributed by atoms with Gasteiger partial charge in [0.15, 0.2) is 0 Å². The molecule has 3 aromatic carbocycles. The lowest BCUT2D eigenvalue weighted by atomic mass is 9.98. The van der Waals surface area contributed by atoms with E-state index >= 15 is 0 Å². The van der Waals surface area contributed by atoms with Crippen LogP contribution in [0.15, 0.2) is 66.7 Å². The van der Waals surface area contributed by atoms with Crippen molar-refractivity contribution in [2.45, 2.75) is 0 Å². The molecule has 7 heteroatoms. The summed E-state index contributed by atoms with van der Waals surface area (Å²) in [7, 11) is 0. The predicted molar refractivity (Wildman–Crippen MR) is 92.3 cm³/mol. The lowest BCUT2D eigenvalue weighted by Crippen LogP contribution is -1.89. The molecule has 0 amide bonds. The SMILES string of the molecule is O=[N+]([O-])c1cccc(-c2cc(O)cc(-c3cccc([N+](=O)[O-])c3)c2)c1. The van der Waals surface area contributed by atoms with Gasteiger partial charge in [-0.3, -0.25) is 20.2 Å². The number of hydrogen-bond donors (Lipinski definition) is 1. The van der Waals surface area contributed by atoms with E-state index in [0.29, 0.717) is 22.3 Å². The van der Waals surface area contributed by atoms with Gasteiger partial charge in [-0.05, 0) is 40.5 Å². The van der Waals surface area contributed by atoms with Gasteiger partial charge in [-0.15, -0.1) is 0 Å². The second-order valence-corrected chi connectivity index (χ2v) is 5.38. The van der Waals surface area contributed by atoms with Gasteiger partial charge in [0, 0.05) is 24.3 Å². The molecule has 7 nitrogen and oxygen atoms in total. The topological polar surface area (TPSA) is 107 Å². The Kier molecular flexibility index (Phi) is 4.13. The fourth-order valence-corrected chi connectivity index (χ4v) is 2.54. The second-order valence-electron chi connectivity index (χ2n) is 5.38. The zero-order valence-electron chi connectivity index (χ0n) is 12.8. The third-order valence-corrected chi connectivity index (χ3v) is 3.70. The minimum atomic E-state index is -0.492. The van der Waals surface area contributed by atoms with Crippen LogP contribution in [0.5, 0.6) is 5.75 Å². The fraction of sp³-hybridized carbons (Fsp3) is 0. The summed E-state index contributed by atoms with van der Waals surface area (Å²) in [6, 6.07) is 16.8. The first kappa shape index (κ1) is 16.1. The van der Waals surface area contributed by atoms with E-state index in [1.807, 2.05) is 0 Å². The van der Waals surface area contributed by atoms with E-state index in [0.717, 1.165) is 0 Å². The van der Waals surface area contributed by atoms with Gasteiger partial charge in [-0.1, -0.05) is 24.3 Å². The van der Waals surface area contributed by atoms with Crippen LogP contribution in [-0.4, -0.2) is 15.0 Å². The summed E-state index contributed by atoms with van der Waals surface area (Å²) in [5.41, 5.74) is 2.17. The average molecular weight is 336 g/mol. The molecule has 3 rings (SSSR count). The molecule has 25 heavy (non-hydrogen) atoms. The molecule has 0 aliphatic carbocycles. The Hall–Kier alpha value is -3.74. The number of nitro groups is 2. The summed E-state index contributed by atoms with van der Waals surface area (Å²) in [6.45, 7) is 0. The highest BCUT2D eigenvalue weighted by molar-refractivity contribution is 5.76. The number of non-ortho nitro benzene ring substituents is 2. The third kappa shape index (κ3) is 3.45. The number of rotatable bonds is 4. The van der Waals surface area contributed by atoms with E-state index in [-0.39, 0.29) is 17.1 Å². The van der Waals surface area contributed by atoms with Crippen LogP contribution in [0.4, 0.5) is 11.4 Å². The van der Waals surface area contributed by atoms with Crippen LogP contribution in [0, 0.1) is 20.2 Å². The van der Waals surface area contributed by atoms with Crippen LogP contribution >= 0.6 is 0 Å². The van der Waals surface area contributed by atoms with Crippen molar-refractivity contribution in [3.8, 4) is 28.0 Å². The van der Waals surface area contributed by atoms with Crippen molar-refractivity contribution in [2.75, 3.05) is 0 Å². The molecule has 0 saturated heterocycles. The molecule has 0 aliphatic rings. The van der Waals surface area contributed by atoms with E-state index in [2.05, 4.69) is 0 Å². The average Bonchev–Trinajstić information content (AvgIpc) is 2.61. The van der Waals surface area contributed by atoms with Gasteiger partial charge >= 0.3 is 0 Å². The number of nitrogens with zero attached hydrogens (tertiary/aromatic N) is 2. The Morgan fingerprint density at radius 2 is 1.08 bits per heavy atom. The summed E-state index contributed by atoms with van der Waals surface area (Å²) < 4.78 is 0. The first-order valence-electron chi connectivity index (χ1n) is 7.28. The highest BCUT2D eigenvalue weighted by Gasteiger charge is 2.11. The van der Waals surface area contributed by atoms with Crippen molar-refractivity contribution in [3.63, 3.8) is 0 Å². The summed E-state index contributed by atoms with van der Waals surface area (Å²) in [6.07, 6.45) is 0. The van der Waals surface area contributed by atoms with Crippen molar-refractivity contribution in [1.29, 1.82) is 0 Å². The van der Waals surface area contributed by atoms with Gasteiger partial charge in [0.05, 0.1) is 9.85 Å². The van der Waals surface area contributed by atoms with Crippen molar-refractivity contribution in [1.82, 2.24) is 0 Å². The van der Waals surface area contributed by atoms with Gasteiger partial charge < -0.3 is 5.11 Å². The molecule has 0 radical (unpaired) electrons. The van der Waals surface area contributed by atoms with Crippen LogP contribution in [0.25, 0.3) is 22.3 Å². The maximum atomic E-state index is 10.9. The largest absolute Gasteiger partial charge is 0.508 e. The fourth-order valence-electron chi connectivity index (χ4n) is 2.54. The second kappa shape index (κ2) is 6.40. The van der Waals surface area contributed by atoms with E-state index in [9.17, 15) is 25.3 Å². The van der Waals surface area contributed by atoms with Gasteiger partial charge in [0.1, 0.15) is 5.75 Å². The maximum Gasteiger partial charge on any atom is 0.270 e. The highest BCUT2D eigenvalue weighted by Crippen LogP contribution is 2.33. The van der Waals surface area contributed by atoms with Gasteiger partial charge in [-0.2, -0.15) is 0 Å². The van der Waals surface area contributed by atoms with E-state index in [1.54, 1.807) is 30.3 Å². The molecule has 0 fully saturated rings. The van der Waals surface area contributed by atoms with Crippen molar-refractivity contribution >= 4 is 11.4 Å². The molecular formula is C18H12N2O5. The first-order chi connectivity index (χ1) is 11.9. The lowest BCUT2D eigenvalue weighted by Gasteiger charge is -2.08. The van der Waals surface area contributed by atoms with Gasteiger partial charge in [0.2, 0.25) is 0 Å². The number of phenolic OH excluding ortho intramolecular Hbond substituents is 1. The zero-order valence-corrected chi connectivity index (χ0v) is 12.8. The summed E-state index contributed by atoms with van der Waals surface area (Å²) in [5.74, 6) is -0.0366. The van der Waals surface area contributed by atoms with Gasteiger partial charge in [0.25, 0.3) is 11.4 Å². The Labute approximate surface area is 142 Å². The molecule has 0 spiro atoms. The standard InChI is InChI=1S/C18H12N2O5/c21-18-10-14(12-3-1-5-16(8-12)19(22)23)7-15(11-18)13-4-2-6-17(9-13)20(24)25/h1-11,21H. The molecule has 3 aromatic rings. The number of nitro benzene ring substituents is 2. The van der Waals surface area contributed by atoms with Crippen LogP contribution < -0.4 is 0 Å². The van der Waals surface area contributed by atoms with Crippen molar-refractivity contribution < 1.29 is 15.0 Å². The molecule has 0 unspecified atom stereocenters. The quantitative estimate of drug-likeness (QED) is 0.556. The number of benzene rings is 3. The van der Waals surface area contributed by atoms with Crippen LogP contribution in [0.2, 0.25) is 0 Å². The molecule has 0 bridgehead atoms. The number of hydrogen-bond acceptors (Lipinski definition) is 5. The van der Waals surface area contributed by atoms with E-state index < -0.39 is 9.85 Å². The van der Waals surface area contributed by atoms with Gasteiger partial charge in [-0.25, -0.2) is 0 Å².